The van der Waals surface area contributed by atoms with Gasteiger partial charge >= 0.3 is 0 Å². The van der Waals surface area contributed by atoms with Gasteiger partial charge in [-0.15, -0.1) is 0 Å². The van der Waals surface area contributed by atoms with Crippen LogP contribution in [0.15, 0.2) is 53.0 Å². The molecule has 0 atom stereocenters. The highest BCUT2D eigenvalue weighted by atomic mass is 79.9. The third-order valence-electron chi connectivity index (χ3n) is 5.74. The first-order chi connectivity index (χ1) is 15.0. The Morgan fingerprint density at radius 2 is 1.68 bits per heavy atom. The third kappa shape index (κ3) is 5.34. The summed E-state index contributed by atoms with van der Waals surface area (Å²) in [7, 11) is 4.00. The Morgan fingerprint density at radius 3 is 2.42 bits per heavy atom. The number of halogens is 1. The van der Waals surface area contributed by atoms with E-state index in [0.29, 0.717) is 18.4 Å². The van der Waals surface area contributed by atoms with Crippen molar-refractivity contribution in [2.45, 2.75) is 44.2 Å². The molecule has 31 heavy (non-hydrogen) atoms. The second kappa shape index (κ2) is 9.64. The summed E-state index contributed by atoms with van der Waals surface area (Å²) in [5.74, 6) is 1.67. The van der Waals surface area contributed by atoms with E-state index in [1.165, 1.54) is 0 Å². The summed E-state index contributed by atoms with van der Waals surface area (Å²) in [4.78, 5) is 23.9. The maximum Gasteiger partial charge on any atom is 0.225 e. The average Bonchev–Trinajstić information content (AvgIpc) is 2.76. The summed E-state index contributed by atoms with van der Waals surface area (Å²) < 4.78 is 0.977. The van der Waals surface area contributed by atoms with Gasteiger partial charge in [-0.3, -0.25) is 4.79 Å². The number of hydrogen-bond donors (Lipinski definition) is 2. The fraction of sp³-hybridized carbons (Fsp3) is 0.375. The molecule has 1 amide bonds. The molecule has 2 aromatic carbocycles. The summed E-state index contributed by atoms with van der Waals surface area (Å²) in [6.45, 7) is 0. The number of anilines is 2. The lowest BCUT2D eigenvalue weighted by molar-refractivity contribution is -0.121. The Hall–Kier alpha value is -2.67. The average molecular weight is 482 g/mol. The normalized spacial score (nSPS) is 18.5. The van der Waals surface area contributed by atoms with E-state index in [9.17, 15) is 4.79 Å². The third-order valence-corrected chi connectivity index (χ3v) is 6.51. The van der Waals surface area contributed by atoms with E-state index in [-0.39, 0.29) is 11.9 Å². The number of aromatic nitrogens is 2. The van der Waals surface area contributed by atoms with Crippen LogP contribution in [0.25, 0.3) is 10.9 Å². The van der Waals surface area contributed by atoms with Crippen LogP contribution in [0, 0.1) is 0 Å². The summed E-state index contributed by atoms with van der Waals surface area (Å²) in [5, 5.41) is 7.77. The predicted octanol–water partition coefficient (Wildman–Crippen LogP) is 4.54. The van der Waals surface area contributed by atoms with Gasteiger partial charge < -0.3 is 15.5 Å². The zero-order valence-electron chi connectivity index (χ0n) is 17.9. The maximum atomic E-state index is 12.5. The van der Waals surface area contributed by atoms with Crippen LogP contribution in [0.1, 0.15) is 31.2 Å². The molecule has 4 rings (SSSR count). The van der Waals surface area contributed by atoms with Gasteiger partial charge in [0, 0.05) is 36.0 Å². The molecule has 1 aromatic heterocycles. The van der Waals surface area contributed by atoms with Crippen molar-refractivity contribution in [3.63, 3.8) is 0 Å². The highest BCUT2D eigenvalue weighted by molar-refractivity contribution is 9.10. The van der Waals surface area contributed by atoms with Crippen molar-refractivity contribution in [3.8, 4) is 0 Å². The summed E-state index contributed by atoms with van der Waals surface area (Å²) in [6, 6.07) is 16.5. The summed E-state index contributed by atoms with van der Waals surface area (Å²) >= 11 is 3.52. The van der Waals surface area contributed by atoms with Gasteiger partial charge in [0.1, 0.15) is 5.82 Å². The number of fused-ring (bicyclic) bond motifs is 1. The molecule has 1 aliphatic rings. The van der Waals surface area contributed by atoms with Crippen LogP contribution in [0.5, 0.6) is 0 Å². The van der Waals surface area contributed by atoms with E-state index in [0.717, 1.165) is 52.4 Å². The van der Waals surface area contributed by atoms with Crippen molar-refractivity contribution in [3.05, 3.63) is 58.6 Å². The van der Waals surface area contributed by atoms with Gasteiger partial charge in [-0.2, -0.15) is 4.98 Å². The standard InChI is InChI=1S/C24H28BrN5O/c1-30(2)23-19-8-4-6-10-21(19)28-24(29-23)27-18-13-11-17(12-14-18)26-22(31)15-16-7-3-5-9-20(16)25/h3-10,17-18H,11-15H2,1-2H3,(H,26,31)(H,27,28,29). The fourth-order valence-electron chi connectivity index (χ4n) is 4.12. The minimum absolute atomic E-state index is 0.0804. The first-order valence-corrected chi connectivity index (χ1v) is 11.5. The zero-order chi connectivity index (χ0) is 21.8. The van der Waals surface area contributed by atoms with Gasteiger partial charge in [-0.25, -0.2) is 4.98 Å². The maximum absolute atomic E-state index is 12.5. The van der Waals surface area contributed by atoms with Crippen LogP contribution in [0.2, 0.25) is 0 Å². The molecule has 1 heterocycles. The Balaban J connectivity index is 1.33. The number of carbonyl (C=O) groups excluding carboxylic acids is 1. The molecule has 7 heteroatoms. The molecule has 1 aliphatic carbocycles. The molecule has 0 bridgehead atoms. The van der Waals surface area contributed by atoms with Gasteiger partial charge in [0.2, 0.25) is 11.9 Å². The second-order valence-corrected chi connectivity index (χ2v) is 9.17. The molecular formula is C24H28BrN5O. The SMILES string of the molecule is CN(C)c1nc(NC2CCC(NC(=O)Cc3ccccc3Br)CC2)nc2ccccc12. The van der Waals surface area contributed by atoms with Crippen LogP contribution < -0.4 is 15.5 Å². The van der Waals surface area contributed by atoms with Gasteiger partial charge in [-0.1, -0.05) is 46.3 Å². The van der Waals surface area contributed by atoms with Crippen molar-refractivity contribution >= 4 is 44.5 Å². The van der Waals surface area contributed by atoms with Gasteiger partial charge in [0.25, 0.3) is 0 Å². The van der Waals surface area contributed by atoms with Crippen LogP contribution >= 0.6 is 15.9 Å². The molecule has 0 saturated heterocycles. The molecule has 0 radical (unpaired) electrons. The molecule has 162 valence electrons. The first kappa shape index (κ1) is 21.6. The Bertz CT molecular complexity index is 1060. The monoisotopic (exact) mass is 481 g/mol. The highest BCUT2D eigenvalue weighted by Gasteiger charge is 2.23. The topological polar surface area (TPSA) is 70.2 Å². The molecular weight excluding hydrogens is 454 g/mol. The summed E-state index contributed by atoms with van der Waals surface area (Å²) in [5.41, 5.74) is 1.96. The minimum atomic E-state index is 0.0804. The Labute approximate surface area is 191 Å². The number of benzene rings is 2. The van der Waals surface area contributed by atoms with Crippen LogP contribution in [0.4, 0.5) is 11.8 Å². The van der Waals surface area contributed by atoms with Crippen molar-refractivity contribution < 1.29 is 4.79 Å². The van der Waals surface area contributed by atoms with Crippen LogP contribution in [-0.2, 0) is 11.2 Å². The van der Waals surface area contributed by atoms with Crippen LogP contribution in [0.3, 0.4) is 0 Å². The number of nitrogens with one attached hydrogen (secondary N) is 2. The smallest absolute Gasteiger partial charge is 0.225 e. The van der Waals surface area contributed by atoms with E-state index in [1.807, 2.05) is 61.5 Å². The quantitative estimate of drug-likeness (QED) is 0.540. The van der Waals surface area contributed by atoms with Crippen molar-refractivity contribution in [1.82, 2.24) is 15.3 Å². The number of rotatable bonds is 6. The predicted molar refractivity (Wildman–Crippen MR) is 130 cm³/mol. The fourth-order valence-corrected chi connectivity index (χ4v) is 4.55. The molecule has 1 saturated carbocycles. The Morgan fingerprint density at radius 1 is 1.00 bits per heavy atom. The lowest BCUT2D eigenvalue weighted by Crippen LogP contribution is -2.41. The largest absolute Gasteiger partial charge is 0.362 e. The van der Waals surface area contributed by atoms with Crippen molar-refractivity contribution in [2.75, 3.05) is 24.3 Å². The lowest BCUT2D eigenvalue weighted by Gasteiger charge is -2.30. The van der Waals surface area contributed by atoms with E-state index in [1.54, 1.807) is 0 Å². The molecule has 0 aliphatic heterocycles. The van der Waals surface area contributed by atoms with Gasteiger partial charge in [0.05, 0.1) is 11.9 Å². The number of amides is 1. The molecule has 0 spiro atoms. The van der Waals surface area contributed by atoms with Crippen LogP contribution in [-0.4, -0.2) is 42.1 Å². The minimum Gasteiger partial charge on any atom is -0.362 e. The molecule has 1 fully saturated rings. The second-order valence-electron chi connectivity index (χ2n) is 8.31. The van der Waals surface area contributed by atoms with E-state index in [2.05, 4.69) is 32.6 Å². The number of para-hydroxylation sites is 1. The number of nitrogens with zero attached hydrogens (tertiary/aromatic N) is 3. The van der Waals surface area contributed by atoms with E-state index in [4.69, 9.17) is 9.97 Å². The van der Waals surface area contributed by atoms with Gasteiger partial charge in [-0.05, 0) is 49.4 Å². The highest BCUT2D eigenvalue weighted by Crippen LogP contribution is 2.26. The molecule has 0 unspecified atom stereocenters. The zero-order valence-corrected chi connectivity index (χ0v) is 19.5. The molecule has 3 aromatic rings. The Kier molecular flexibility index (Phi) is 6.70. The molecule has 2 N–H and O–H groups in total. The summed E-state index contributed by atoms with van der Waals surface area (Å²) in [6.07, 6.45) is 4.26. The lowest BCUT2D eigenvalue weighted by atomic mass is 9.91. The first-order valence-electron chi connectivity index (χ1n) is 10.7. The number of carbonyl (C=O) groups is 1. The molecule has 6 nitrogen and oxygen atoms in total. The van der Waals surface area contributed by atoms with Crippen molar-refractivity contribution in [2.24, 2.45) is 0 Å². The van der Waals surface area contributed by atoms with Crippen molar-refractivity contribution in [1.29, 1.82) is 0 Å². The van der Waals surface area contributed by atoms with Gasteiger partial charge in [0.15, 0.2) is 0 Å². The van der Waals surface area contributed by atoms with E-state index >= 15 is 0 Å². The van der Waals surface area contributed by atoms with E-state index < -0.39 is 0 Å². The number of hydrogen-bond acceptors (Lipinski definition) is 5.